The minimum atomic E-state index is 1.20. The molecule has 0 aromatic carbocycles. The highest BCUT2D eigenvalue weighted by Gasteiger charge is 1.37. The van der Waals surface area contributed by atoms with E-state index >= 15 is 0 Å². The molecule has 0 saturated carbocycles. The van der Waals surface area contributed by atoms with Crippen LogP contribution in [0.25, 0.3) is 0 Å². The van der Waals surface area contributed by atoms with E-state index in [9.17, 15) is 0 Å². The predicted molar refractivity (Wildman–Crippen MR) is 33.1 cm³/mol. The van der Waals surface area contributed by atoms with Crippen LogP contribution in [-0.2, 0) is 0 Å². The zero-order valence-corrected chi connectivity index (χ0v) is 6.69. The zero-order valence-electron chi connectivity index (χ0n) is 2.53. The minimum absolute atomic E-state index is 1.20. The van der Waals surface area contributed by atoms with Gasteiger partial charge in [-0.25, -0.2) is 0 Å². The molecule has 0 bridgehead atoms. The Morgan fingerprint density at radius 3 is 2.00 bits per heavy atom. The second-order valence-corrected chi connectivity index (χ2v) is 1.85. The fourth-order valence-corrected chi connectivity index (χ4v) is 0. The topological polar surface area (TPSA) is 0 Å². The lowest BCUT2D eigenvalue weighted by Crippen LogP contribution is -1.35. The van der Waals surface area contributed by atoms with Crippen LogP contribution in [0.15, 0.2) is 9.78 Å². The van der Waals surface area contributed by atoms with Gasteiger partial charge in [0.1, 0.15) is 0 Å². The van der Waals surface area contributed by atoms with Crippen LogP contribution in [0.4, 0.5) is 0 Å². The highest BCUT2D eigenvalue weighted by molar-refractivity contribution is 14.1. The first-order valence-corrected chi connectivity index (χ1v) is 3.53. The molecule has 0 rings (SSSR count). The van der Waals surface area contributed by atoms with Crippen LogP contribution in [0.2, 0.25) is 0 Å². The molecule has 0 radical (unpaired) electrons. The molecule has 0 N–H and O–H groups in total. The van der Waals surface area contributed by atoms with E-state index in [1.807, 2.05) is 4.08 Å². The van der Waals surface area contributed by atoms with Gasteiger partial charge in [0, 0.05) is 10.2 Å². The molecule has 0 unspecified atom stereocenters. The molecule has 2 heteroatoms. The summed E-state index contributed by atoms with van der Waals surface area (Å²) in [6.45, 7) is 0. The van der Waals surface area contributed by atoms with Gasteiger partial charge in [-0.2, -0.15) is 0 Å². The van der Waals surface area contributed by atoms with Crippen molar-refractivity contribution in [1.82, 2.24) is 0 Å². The van der Waals surface area contributed by atoms with Gasteiger partial charge >= 0.3 is 0 Å². The van der Waals surface area contributed by atoms with Gasteiger partial charge in [-0.1, -0.05) is 28.3 Å². The Hall–Kier alpha value is 0.687. The molecule has 4 heavy (non-hydrogen) atoms. The molecule has 0 aliphatic rings. The van der Waals surface area contributed by atoms with Crippen LogP contribution >= 0.6 is 22.6 Å². The van der Waals surface area contributed by atoms with Gasteiger partial charge in [0.25, 0.3) is 0 Å². The molecule has 0 aliphatic heterocycles. The minimum Gasteiger partial charge on any atom is -0.0994 e. The summed E-state index contributed by atoms with van der Waals surface area (Å²) in [7, 11) is 1.20. The molecule has 0 fully saturated rings. The van der Waals surface area contributed by atoms with Crippen LogP contribution in [0.3, 0.4) is 0 Å². The molecule has 0 spiro atoms. The van der Waals surface area contributed by atoms with E-state index in [4.69, 9.17) is 0 Å². The number of rotatable bonds is 0. The Labute approximate surface area is 42.8 Å². The van der Waals surface area contributed by atoms with Gasteiger partial charge in [-0.15, -0.1) is 0 Å². The summed E-state index contributed by atoms with van der Waals surface area (Å²) in [5, 5.41) is 0. The Kier molecular flexibility index (Phi) is 4.32. The Bertz CT molecular complexity index is 21.2. The third-order valence-electron chi connectivity index (χ3n) is 0.126. The molecule has 0 aliphatic carbocycles. The maximum Gasteiger partial charge on any atom is 0.0297 e. The third-order valence-corrected chi connectivity index (χ3v) is 2.54. The maximum absolute atomic E-state index is 2.21. The van der Waals surface area contributed by atoms with Gasteiger partial charge in [0.05, 0.1) is 0 Å². The number of hydrogen-bond donors (Lipinski definition) is 0. The summed E-state index contributed by atoms with van der Waals surface area (Å²) in [6.07, 6.45) is 0. The lowest BCUT2D eigenvalue weighted by Gasteiger charge is -1.46. The molecule has 0 nitrogen and oxygen atoms in total. The highest BCUT2D eigenvalue weighted by atomic mass is 127. The molecule has 0 saturated heterocycles. The zero-order chi connectivity index (χ0) is 3.41. The summed E-state index contributed by atoms with van der Waals surface area (Å²) in [5.41, 5.74) is 2.13. The lowest BCUT2D eigenvalue weighted by atomic mass is 11.3. The predicted octanol–water partition coefficient (Wildman–Crippen LogP) is 0.258. The Morgan fingerprint density at radius 2 is 2.00 bits per heavy atom. The van der Waals surface area contributed by atoms with E-state index < -0.39 is 0 Å². The fourth-order valence-electron chi connectivity index (χ4n) is 0. The van der Waals surface area contributed by atoms with Crippen molar-refractivity contribution < 1.29 is 0 Å². The average molecular weight is 184 g/mol. The number of halogens is 1. The third kappa shape index (κ3) is 2.69. The first-order valence-electron chi connectivity index (χ1n) is 1.13. The molecule has 0 heterocycles. The van der Waals surface area contributed by atoms with Crippen LogP contribution in [0.1, 0.15) is 0 Å². The van der Waals surface area contributed by atoms with Crippen LogP contribution in [0, 0.1) is 0 Å². The van der Waals surface area contributed by atoms with Gasteiger partial charge in [0.2, 0.25) is 0 Å². The van der Waals surface area contributed by atoms with Crippen molar-refractivity contribution in [2.24, 2.45) is 0 Å². The van der Waals surface area contributed by atoms with Gasteiger partial charge in [0.15, 0.2) is 0 Å². The number of hydrogen-bond acceptors (Lipinski definition) is 0. The average Bonchev–Trinajstić information content (AvgIpc) is 1.37. The summed E-state index contributed by atoms with van der Waals surface area (Å²) < 4.78 is 2.03. The monoisotopic (exact) mass is 184 g/mol. The molecule has 0 atom stereocenters. The SMILES string of the molecule is [SiH3]C=CI. The summed E-state index contributed by atoms with van der Waals surface area (Å²) in [5.74, 6) is 0. The van der Waals surface area contributed by atoms with Crippen molar-refractivity contribution in [3.05, 3.63) is 9.78 Å². The van der Waals surface area contributed by atoms with E-state index in [2.05, 4.69) is 28.3 Å². The molecule has 24 valence electrons. The second-order valence-electron chi connectivity index (χ2n) is 0.459. The molecule has 0 aromatic heterocycles. The van der Waals surface area contributed by atoms with E-state index in [-0.39, 0.29) is 0 Å². The van der Waals surface area contributed by atoms with Gasteiger partial charge in [-0.3, -0.25) is 0 Å². The maximum atomic E-state index is 2.21. The van der Waals surface area contributed by atoms with E-state index in [1.54, 1.807) is 0 Å². The van der Waals surface area contributed by atoms with E-state index in [0.29, 0.717) is 0 Å². The highest BCUT2D eigenvalue weighted by Crippen LogP contribution is 1.75. The van der Waals surface area contributed by atoms with E-state index in [0.717, 1.165) is 0 Å². The van der Waals surface area contributed by atoms with Crippen molar-refractivity contribution in [2.45, 2.75) is 0 Å². The van der Waals surface area contributed by atoms with Crippen molar-refractivity contribution >= 4 is 32.8 Å². The Balaban J connectivity index is 2.55. The Morgan fingerprint density at radius 1 is 1.75 bits per heavy atom. The van der Waals surface area contributed by atoms with E-state index in [1.165, 1.54) is 10.2 Å². The quantitative estimate of drug-likeness (QED) is 0.374. The summed E-state index contributed by atoms with van der Waals surface area (Å²) in [4.78, 5) is 0. The summed E-state index contributed by atoms with van der Waals surface area (Å²) >= 11 is 2.21. The van der Waals surface area contributed by atoms with Crippen molar-refractivity contribution in [3.63, 3.8) is 0 Å². The smallest absolute Gasteiger partial charge is 0.0297 e. The van der Waals surface area contributed by atoms with Crippen LogP contribution in [-0.4, -0.2) is 10.2 Å². The first-order chi connectivity index (χ1) is 1.91. The lowest BCUT2D eigenvalue weighted by molar-refractivity contribution is 2.60. The van der Waals surface area contributed by atoms with Gasteiger partial charge in [-0.05, 0) is 4.08 Å². The largest absolute Gasteiger partial charge is 0.0994 e. The standard InChI is InChI=1S/C2H5ISi/c3-1-2-4/h1-2H,4H3. The van der Waals surface area contributed by atoms with Gasteiger partial charge < -0.3 is 0 Å². The van der Waals surface area contributed by atoms with Crippen LogP contribution < -0.4 is 0 Å². The van der Waals surface area contributed by atoms with Crippen LogP contribution in [0.5, 0.6) is 0 Å². The summed E-state index contributed by atoms with van der Waals surface area (Å²) in [6, 6.07) is 0. The van der Waals surface area contributed by atoms with Crippen molar-refractivity contribution in [2.75, 3.05) is 0 Å². The molecular weight excluding hydrogens is 179 g/mol. The molecule has 0 amide bonds. The normalized spacial score (nSPS) is 10.2. The fraction of sp³-hybridized carbons (Fsp3) is 0. The van der Waals surface area contributed by atoms with Crippen molar-refractivity contribution in [1.29, 1.82) is 0 Å². The first kappa shape index (κ1) is 4.69. The molecular formula is C2H5ISi. The van der Waals surface area contributed by atoms with Crippen molar-refractivity contribution in [3.8, 4) is 0 Å². The second kappa shape index (κ2) is 3.69. The molecule has 0 aromatic rings.